The summed E-state index contributed by atoms with van der Waals surface area (Å²) in [5.74, 6) is 0. The van der Waals surface area contributed by atoms with E-state index in [-0.39, 0.29) is 17.6 Å². The van der Waals surface area contributed by atoms with Gasteiger partial charge in [-0.2, -0.15) is 0 Å². The molecule has 1 fully saturated rings. The minimum Gasteiger partial charge on any atom is -0.394 e. The number of fused-ring (bicyclic) bond motifs is 1. The number of aliphatic hydroxyl groups is 2. The second kappa shape index (κ2) is 8.12. The molecule has 3 N–H and O–H groups in total. The van der Waals surface area contributed by atoms with Crippen LogP contribution in [-0.4, -0.2) is 48.5 Å². The molecule has 0 aliphatic carbocycles. The maximum absolute atomic E-state index is 12.8. The molecule has 1 saturated heterocycles. The number of aromatic amines is 1. The van der Waals surface area contributed by atoms with Gasteiger partial charge in [0.25, 0.3) is 5.56 Å². The molecular weight excluding hydrogens is 412 g/mol. The van der Waals surface area contributed by atoms with E-state index in [1.165, 1.54) is 4.57 Å². The molecule has 9 heteroatoms. The molecule has 5 rings (SSSR count). The van der Waals surface area contributed by atoms with Gasteiger partial charge in [0.15, 0.2) is 11.2 Å². The second-order valence-corrected chi connectivity index (χ2v) is 7.57. The smallest absolute Gasteiger partial charge is 0.332 e. The molecule has 4 aromatic rings. The maximum atomic E-state index is 12.8. The molecule has 0 saturated carbocycles. The standard InChI is InChI=1S/C23H20N4O5/c28-12-16-15(29)11-17(32-16)27-21-20(22(30)26-23(27)31)24-18(13-7-3-1-4-8-13)19(25-21)14-9-5-2-6-10-14/h1-10,15-17,28-29H,11-12H2,(H,26,30,31). The van der Waals surface area contributed by atoms with Crippen molar-refractivity contribution in [3.63, 3.8) is 0 Å². The first-order chi connectivity index (χ1) is 15.6. The average molecular weight is 432 g/mol. The van der Waals surface area contributed by atoms with Crippen LogP contribution in [-0.2, 0) is 4.74 Å². The van der Waals surface area contributed by atoms with Gasteiger partial charge in [0, 0.05) is 17.5 Å². The summed E-state index contributed by atoms with van der Waals surface area (Å²) in [6.45, 7) is -0.396. The van der Waals surface area contributed by atoms with Crippen LogP contribution < -0.4 is 11.2 Å². The van der Waals surface area contributed by atoms with E-state index >= 15 is 0 Å². The van der Waals surface area contributed by atoms with Crippen molar-refractivity contribution in [2.45, 2.75) is 24.9 Å². The third-order valence-corrected chi connectivity index (χ3v) is 5.53. The summed E-state index contributed by atoms with van der Waals surface area (Å²) in [4.78, 5) is 37.1. The van der Waals surface area contributed by atoms with E-state index in [0.717, 1.165) is 11.1 Å². The molecule has 3 unspecified atom stereocenters. The Labute approximate surface area is 181 Å². The van der Waals surface area contributed by atoms with E-state index in [2.05, 4.69) is 9.97 Å². The molecule has 32 heavy (non-hydrogen) atoms. The number of hydrogen-bond acceptors (Lipinski definition) is 7. The average Bonchev–Trinajstić information content (AvgIpc) is 3.19. The Kier molecular flexibility index (Phi) is 5.14. The first kappa shape index (κ1) is 20.3. The fourth-order valence-electron chi connectivity index (χ4n) is 3.96. The number of hydrogen-bond donors (Lipinski definition) is 3. The number of benzene rings is 2. The number of aromatic nitrogens is 4. The molecule has 0 bridgehead atoms. The molecular formula is C23H20N4O5. The van der Waals surface area contributed by atoms with Crippen molar-refractivity contribution in [2.24, 2.45) is 0 Å². The first-order valence-electron chi connectivity index (χ1n) is 10.2. The third-order valence-electron chi connectivity index (χ3n) is 5.53. The monoisotopic (exact) mass is 432 g/mol. The lowest BCUT2D eigenvalue weighted by Gasteiger charge is -2.17. The number of aliphatic hydroxyl groups excluding tert-OH is 2. The zero-order valence-electron chi connectivity index (χ0n) is 16.9. The molecule has 0 radical (unpaired) electrons. The van der Waals surface area contributed by atoms with E-state index in [9.17, 15) is 19.8 Å². The molecule has 3 heterocycles. The fraction of sp³-hybridized carbons (Fsp3) is 0.217. The zero-order valence-corrected chi connectivity index (χ0v) is 16.9. The predicted octanol–water partition coefficient (Wildman–Crippen LogP) is 1.45. The molecule has 3 atom stereocenters. The molecule has 1 aliphatic heterocycles. The van der Waals surface area contributed by atoms with Gasteiger partial charge in [-0.25, -0.2) is 19.3 Å². The molecule has 2 aromatic carbocycles. The van der Waals surface area contributed by atoms with Gasteiger partial charge < -0.3 is 14.9 Å². The third kappa shape index (κ3) is 3.42. The van der Waals surface area contributed by atoms with E-state index < -0.39 is 36.3 Å². The van der Waals surface area contributed by atoms with E-state index in [4.69, 9.17) is 9.72 Å². The highest BCUT2D eigenvalue weighted by molar-refractivity contribution is 5.84. The first-order valence-corrected chi connectivity index (χ1v) is 10.2. The van der Waals surface area contributed by atoms with Gasteiger partial charge in [-0.05, 0) is 0 Å². The topological polar surface area (TPSA) is 130 Å². The number of H-pyrrole nitrogens is 1. The van der Waals surface area contributed by atoms with Crippen molar-refractivity contribution in [3.05, 3.63) is 81.5 Å². The highest BCUT2D eigenvalue weighted by Crippen LogP contribution is 2.32. The van der Waals surface area contributed by atoms with Crippen LogP contribution in [0.1, 0.15) is 12.6 Å². The van der Waals surface area contributed by atoms with Gasteiger partial charge >= 0.3 is 5.69 Å². The minimum atomic E-state index is -0.955. The van der Waals surface area contributed by atoms with Crippen LogP contribution >= 0.6 is 0 Å². The Bertz CT molecular complexity index is 1380. The number of nitrogens with one attached hydrogen (secondary N) is 1. The van der Waals surface area contributed by atoms with Crippen LogP contribution in [0, 0.1) is 0 Å². The summed E-state index contributed by atoms with van der Waals surface area (Å²) in [6, 6.07) is 18.7. The molecule has 2 aromatic heterocycles. The van der Waals surface area contributed by atoms with Crippen molar-refractivity contribution in [2.75, 3.05) is 6.61 Å². The SMILES string of the molecule is O=c1[nH]c(=O)n(C2CC(O)C(CO)O2)c2nc(-c3ccccc3)c(-c3ccccc3)nc12. The highest BCUT2D eigenvalue weighted by Gasteiger charge is 2.36. The summed E-state index contributed by atoms with van der Waals surface area (Å²) in [7, 11) is 0. The number of rotatable bonds is 4. The summed E-state index contributed by atoms with van der Waals surface area (Å²) < 4.78 is 6.86. The lowest BCUT2D eigenvalue weighted by atomic mass is 10.0. The Morgan fingerprint density at radius 1 is 0.969 bits per heavy atom. The van der Waals surface area contributed by atoms with Crippen LogP contribution in [0.15, 0.2) is 70.3 Å². The van der Waals surface area contributed by atoms with Crippen LogP contribution in [0.4, 0.5) is 0 Å². The second-order valence-electron chi connectivity index (χ2n) is 7.57. The fourth-order valence-corrected chi connectivity index (χ4v) is 3.96. The van der Waals surface area contributed by atoms with Crippen LogP contribution in [0.3, 0.4) is 0 Å². The van der Waals surface area contributed by atoms with Gasteiger partial charge in [-0.3, -0.25) is 9.78 Å². The quantitative estimate of drug-likeness (QED) is 0.445. The van der Waals surface area contributed by atoms with Crippen molar-refractivity contribution in [1.82, 2.24) is 19.5 Å². The van der Waals surface area contributed by atoms with Gasteiger partial charge in [-0.15, -0.1) is 0 Å². The highest BCUT2D eigenvalue weighted by atomic mass is 16.5. The van der Waals surface area contributed by atoms with Gasteiger partial charge in [-0.1, -0.05) is 60.7 Å². The molecule has 0 amide bonds. The van der Waals surface area contributed by atoms with E-state index in [0.29, 0.717) is 11.4 Å². The normalized spacial score (nSPS) is 20.6. The number of nitrogens with zero attached hydrogens (tertiary/aromatic N) is 3. The van der Waals surface area contributed by atoms with E-state index in [1.807, 2.05) is 60.7 Å². The van der Waals surface area contributed by atoms with Crippen molar-refractivity contribution >= 4 is 11.2 Å². The predicted molar refractivity (Wildman–Crippen MR) is 117 cm³/mol. The van der Waals surface area contributed by atoms with Crippen molar-refractivity contribution in [1.29, 1.82) is 0 Å². The van der Waals surface area contributed by atoms with Crippen molar-refractivity contribution < 1.29 is 14.9 Å². The largest absolute Gasteiger partial charge is 0.394 e. The Morgan fingerprint density at radius 3 is 2.12 bits per heavy atom. The van der Waals surface area contributed by atoms with Crippen LogP contribution in [0.5, 0.6) is 0 Å². The Hall–Kier alpha value is -3.66. The van der Waals surface area contributed by atoms with Gasteiger partial charge in [0.05, 0.1) is 24.1 Å². The minimum absolute atomic E-state index is 0.0197. The molecule has 0 spiro atoms. The summed E-state index contributed by atoms with van der Waals surface area (Å²) in [5.41, 5.74) is 1.18. The molecule has 162 valence electrons. The van der Waals surface area contributed by atoms with Crippen LogP contribution in [0.2, 0.25) is 0 Å². The lowest BCUT2D eigenvalue weighted by molar-refractivity contribution is -0.0445. The maximum Gasteiger partial charge on any atom is 0.332 e. The molecule has 9 nitrogen and oxygen atoms in total. The van der Waals surface area contributed by atoms with Gasteiger partial charge in [0.2, 0.25) is 0 Å². The summed E-state index contributed by atoms with van der Waals surface area (Å²) >= 11 is 0. The zero-order chi connectivity index (χ0) is 22.2. The summed E-state index contributed by atoms with van der Waals surface area (Å²) in [6.07, 6.45) is -2.63. The van der Waals surface area contributed by atoms with Crippen molar-refractivity contribution in [3.8, 4) is 22.5 Å². The van der Waals surface area contributed by atoms with Crippen LogP contribution in [0.25, 0.3) is 33.7 Å². The summed E-state index contributed by atoms with van der Waals surface area (Å²) in [5, 5.41) is 19.6. The lowest BCUT2D eigenvalue weighted by Crippen LogP contribution is -2.34. The Balaban J connectivity index is 1.81. The van der Waals surface area contributed by atoms with Gasteiger partial charge in [0.1, 0.15) is 12.3 Å². The number of ether oxygens (including phenoxy) is 1. The Morgan fingerprint density at radius 2 is 1.56 bits per heavy atom. The van der Waals surface area contributed by atoms with E-state index in [1.54, 1.807) is 0 Å². The molecule has 1 aliphatic rings.